The van der Waals surface area contributed by atoms with Crippen LogP contribution in [0.4, 0.5) is 22.0 Å². The summed E-state index contributed by atoms with van der Waals surface area (Å²) in [6.07, 6.45) is -3.78. The van der Waals surface area contributed by atoms with E-state index in [1.54, 1.807) is 17.5 Å². The number of benzene rings is 3. The highest BCUT2D eigenvalue weighted by atomic mass is 32.2. The molecular formula is C24H14F5NS. The first kappa shape index (κ1) is 22.4. The number of aryl methyl sites for hydroxylation is 1. The molecule has 7 heteroatoms. The van der Waals surface area contributed by atoms with Crippen LogP contribution in [0.3, 0.4) is 0 Å². The number of halogens is 5. The van der Waals surface area contributed by atoms with E-state index in [2.05, 4.69) is 11.8 Å². The summed E-state index contributed by atoms with van der Waals surface area (Å²) in [5, 5.41) is 10.2. The van der Waals surface area contributed by atoms with E-state index in [-0.39, 0.29) is 10.5 Å². The molecule has 0 saturated carbocycles. The average molecular weight is 443 g/mol. The Labute approximate surface area is 180 Å². The largest absolute Gasteiger partial charge is 0.416 e. The monoisotopic (exact) mass is 443 g/mol. The first-order valence-electron chi connectivity index (χ1n) is 9.10. The number of thioether (sulfide) groups is 1. The molecule has 1 nitrogen and oxygen atoms in total. The minimum absolute atomic E-state index is 0.131. The fraction of sp³-hybridized carbons (Fsp3) is 0.125. The molecule has 156 valence electrons. The lowest BCUT2D eigenvalue weighted by Crippen LogP contribution is -2.04. The van der Waals surface area contributed by atoms with Crippen LogP contribution in [-0.4, -0.2) is 0 Å². The Hall–Kier alpha value is -3.29. The van der Waals surface area contributed by atoms with Gasteiger partial charge in [-0.25, -0.2) is 8.78 Å². The first-order chi connectivity index (χ1) is 14.7. The molecule has 0 aliphatic heterocycles. The Bertz CT molecular complexity index is 1190. The van der Waals surface area contributed by atoms with Gasteiger partial charge in [-0.15, -0.1) is 0 Å². The quantitative estimate of drug-likeness (QED) is 0.185. The highest BCUT2D eigenvalue weighted by Gasteiger charge is 2.29. The number of nitriles is 1. The molecular weight excluding hydrogens is 429 g/mol. The van der Waals surface area contributed by atoms with Crippen LogP contribution in [-0.2, 0) is 12.6 Å². The molecule has 0 atom stereocenters. The Morgan fingerprint density at radius 1 is 0.871 bits per heavy atom. The maximum absolute atomic E-state index is 14.0. The van der Waals surface area contributed by atoms with Crippen LogP contribution in [0.15, 0.2) is 59.5 Å². The van der Waals surface area contributed by atoms with Crippen LogP contribution in [0.25, 0.3) is 11.1 Å². The van der Waals surface area contributed by atoms with Gasteiger partial charge in [0.25, 0.3) is 0 Å². The van der Waals surface area contributed by atoms with Crippen molar-refractivity contribution < 1.29 is 22.0 Å². The van der Waals surface area contributed by atoms with Crippen molar-refractivity contribution in [2.45, 2.75) is 24.4 Å². The highest BCUT2D eigenvalue weighted by molar-refractivity contribution is 8.03. The maximum atomic E-state index is 14.0. The van der Waals surface area contributed by atoms with Crippen molar-refractivity contribution in [3.63, 3.8) is 0 Å². The third-order valence-electron chi connectivity index (χ3n) is 4.52. The van der Waals surface area contributed by atoms with Gasteiger partial charge in [-0.2, -0.15) is 18.4 Å². The fourth-order valence-corrected chi connectivity index (χ4v) is 3.36. The molecule has 0 N–H and O–H groups in total. The molecule has 3 aromatic rings. The zero-order chi connectivity index (χ0) is 22.6. The van der Waals surface area contributed by atoms with E-state index in [4.69, 9.17) is 5.26 Å². The van der Waals surface area contributed by atoms with E-state index >= 15 is 0 Å². The Morgan fingerprint density at radius 2 is 1.48 bits per heavy atom. The number of alkyl halides is 3. The second-order valence-corrected chi connectivity index (χ2v) is 7.31. The summed E-state index contributed by atoms with van der Waals surface area (Å²) < 4.78 is 66.2. The van der Waals surface area contributed by atoms with Gasteiger partial charge in [0.1, 0.15) is 17.0 Å². The topological polar surface area (TPSA) is 23.8 Å². The number of nitrogens with zero attached hydrogens (tertiary/aromatic N) is 1. The predicted octanol–water partition coefficient (Wildman–Crippen LogP) is 7.19. The number of hydrogen-bond acceptors (Lipinski definition) is 2. The van der Waals surface area contributed by atoms with Gasteiger partial charge < -0.3 is 0 Å². The lowest BCUT2D eigenvalue weighted by molar-refractivity contribution is -0.137. The van der Waals surface area contributed by atoms with Crippen LogP contribution >= 0.6 is 11.8 Å². The van der Waals surface area contributed by atoms with Crippen LogP contribution in [0.2, 0.25) is 0 Å². The molecule has 0 fully saturated rings. The SMILES string of the molecule is CCc1cc(-c2ccc(C(F)(F)F)cc2)ccc1C#Cc1cc(F)c(SC#N)c(F)c1. The summed E-state index contributed by atoms with van der Waals surface area (Å²) in [5.41, 5.74) is 2.29. The highest BCUT2D eigenvalue weighted by Crippen LogP contribution is 2.31. The van der Waals surface area contributed by atoms with Gasteiger partial charge in [0.05, 0.1) is 10.5 Å². The van der Waals surface area contributed by atoms with Crippen molar-refractivity contribution in [1.82, 2.24) is 0 Å². The van der Waals surface area contributed by atoms with Crippen LogP contribution in [0, 0.1) is 34.1 Å². The predicted molar refractivity (Wildman–Crippen MR) is 110 cm³/mol. The second kappa shape index (κ2) is 9.24. The summed E-state index contributed by atoms with van der Waals surface area (Å²) in [4.78, 5) is -0.372. The van der Waals surface area contributed by atoms with Crippen molar-refractivity contribution >= 4 is 11.8 Å². The normalized spacial score (nSPS) is 10.9. The molecule has 0 aromatic heterocycles. The molecule has 31 heavy (non-hydrogen) atoms. The number of thiocyanates is 1. The lowest BCUT2D eigenvalue weighted by Gasteiger charge is -2.09. The minimum atomic E-state index is -4.39. The Kier molecular flexibility index (Phi) is 6.68. The van der Waals surface area contributed by atoms with Gasteiger partial charge in [0.15, 0.2) is 0 Å². The van der Waals surface area contributed by atoms with Gasteiger partial charge in [0.2, 0.25) is 0 Å². The van der Waals surface area contributed by atoms with Gasteiger partial charge in [-0.1, -0.05) is 37.0 Å². The lowest BCUT2D eigenvalue weighted by atomic mass is 9.97. The minimum Gasteiger partial charge on any atom is -0.206 e. The summed E-state index contributed by atoms with van der Waals surface area (Å²) >= 11 is 0.404. The van der Waals surface area contributed by atoms with Crippen LogP contribution in [0.1, 0.15) is 29.2 Å². The molecule has 0 amide bonds. The van der Waals surface area contributed by atoms with Crippen molar-refractivity contribution in [3.05, 3.63) is 88.5 Å². The number of hydrogen-bond donors (Lipinski definition) is 0. The van der Waals surface area contributed by atoms with Crippen LogP contribution < -0.4 is 0 Å². The van der Waals surface area contributed by atoms with E-state index in [1.165, 1.54) is 12.1 Å². The Morgan fingerprint density at radius 3 is 2.03 bits per heavy atom. The standard InChI is InChI=1S/C24H14F5NS/c1-2-16-13-19(18-7-9-20(10-8-18)24(27,28)29)6-5-17(16)4-3-15-11-21(25)23(31-14-30)22(26)12-15/h5-13H,2H2,1H3. The molecule has 0 bridgehead atoms. The van der Waals surface area contributed by atoms with Crippen molar-refractivity contribution in [1.29, 1.82) is 5.26 Å². The van der Waals surface area contributed by atoms with Gasteiger partial charge in [-0.05, 0) is 71.3 Å². The molecule has 0 saturated heterocycles. The van der Waals surface area contributed by atoms with Crippen LogP contribution in [0.5, 0.6) is 0 Å². The molecule has 3 rings (SSSR count). The molecule has 0 unspecified atom stereocenters. The third kappa shape index (κ3) is 5.25. The Balaban J connectivity index is 1.91. The van der Waals surface area contributed by atoms with E-state index in [0.717, 1.165) is 35.4 Å². The molecule has 0 spiro atoms. The van der Waals surface area contributed by atoms with Crippen molar-refractivity contribution in [2.75, 3.05) is 0 Å². The van der Waals surface area contributed by atoms with E-state index in [0.29, 0.717) is 29.3 Å². The smallest absolute Gasteiger partial charge is 0.206 e. The molecule has 0 radical (unpaired) electrons. The molecule has 0 aliphatic carbocycles. The van der Waals surface area contributed by atoms with E-state index < -0.39 is 23.4 Å². The van der Waals surface area contributed by atoms with E-state index in [9.17, 15) is 22.0 Å². The summed E-state index contributed by atoms with van der Waals surface area (Å²) in [6, 6.07) is 12.3. The third-order valence-corrected chi connectivity index (χ3v) is 5.20. The zero-order valence-electron chi connectivity index (χ0n) is 16.1. The molecule has 0 aliphatic rings. The van der Waals surface area contributed by atoms with Gasteiger partial charge in [-0.3, -0.25) is 0 Å². The molecule has 0 heterocycles. The summed E-state index contributed by atoms with van der Waals surface area (Å²) in [6.45, 7) is 1.91. The van der Waals surface area contributed by atoms with Gasteiger partial charge in [0, 0.05) is 11.1 Å². The fourth-order valence-electron chi connectivity index (χ4n) is 2.95. The van der Waals surface area contributed by atoms with Crippen molar-refractivity contribution in [2.24, 2.45) is 0 Å². The van der Waals surface area contributed by atoms with E-state index in [1.807, 2.05) is 13.0 Å². The second-order valence-electron chi connectivity index (χ2n) is 6.51. The van der Waals surface area contributed by atoms with Gasteiger partial charge >= 0.3 is 6.18 Å². The first-order valence-corrected chi connectivity index (χ1v) is 9.92. The average Bonchev–Trinajstić information content (AvgIpc) is 2.74. The number of rotatable bonds is 3. The maximum Gasteiger partial charge on any atom is 0.416 e. The summed E-state index contributed by atoms with van der Waals surface area (Å²) in [7, 11) is 0. The van der Waals surface area contributed by atoms with Crippen molar-refractivity contribution in [3.8, 4) is 28.4 Å². The molecule has 3 aromatic carbocycles. The zero-order valence-corrected chi connectivity index (χ0v) is 17.0. The summed E-state index contributed by atoms with van der Waals surface area (Å²) in [5.74, 6) is 3.90.